The van der Waals surface area contributed by atoms with Gasteiger partial charge >= 0.3 is 5.97 Å². The normalized spacial score (nSPS) is 11.6. The summed E-state index contributed by atoms with van der Waals surface area (Å²) in [4.78, 5) is 23.5. The molecular formula is C19H19I2NO5. The average molecular weight is 595 g/mol. The van der Waals surface area contributed by atoms with Crippen molar-refractivity contribution in [2.75, 3.05) is 6.61 Å². The van der Waals surface area contributed by atoms with Gasteiger partial charge in [0.05, 0.1) is 13.7 Å². The van der Waals surface area contributed by atoms with Crippen LogP contribution >= 0.6 is 45.2 Å². The van der Waals surface area contributed by atoms with Gasteiger partial charge in [-0.05, 0) is 94.1 Å². The Bertz CT molecular complexity index is 800. The Balaban J connectivity index is 2.22. The number of carbonyl (C=O) groups is 2. The van der Waals surface area contributed by atoms with Gasteiger partial charge < -0.3 is 19.9 Å². The highest BCUT2D eigenvalue weighted by atomic mass is 127. The van der Waals surface area contributed by atoms with Gasteiger partial charge in [0.1, 0.15) is 17.5 Å². The van der Waals surface area contributed by atoms with Crippen molar-refractivity contribution in [1.82, 2.24) is 5.32 Å². The molecule has 8 heteroatoms. The number of carbonyl (C=O) groups excluding carboxylic acids is 2. The maximum absolute atomic E-state index is 12.1. The molecule has 144 valence electrons. The second-order valence-corrected chi connectivity index (χ2v) is 8.02. The number of benzene rings is 2. The summed E-state index contributed by atoms with van der Waals surface area (Å²) in [5.41, 5.74) is 0.883. The molecule has 0 heterocycles. The monoisotopic (exact) mass is 595 g/mol. The van der Waals surface area contributed by atoms with Crippen LogP contribution in [0.4, 0.5) is 0 Å². The Morgan fingerprint density at radius 1 is 1.15 bits per heavy atom. The fraction of sp³-hybridized carbons (Fsp3) is 0.263. The van der Waals surface area contributed by atoms with Crippen molar-refractivity contribution >= 4 is 57.1 Å². The third kappa shape index (κ3) is 6.52. The van der Waals surface area contributed by atoms with Crippen LogP contribution in [-0.4, -0.2) is 29.6 Å². The highest BCUT2D eigenvalue weighted by molar-refractivity contribution is 14.1. The third-order valence-corrected chi connectivity index (χ3v) is 5.11. The van der Waals surface area contributed by atoms with E-state index < -0.39 is 12.0 Å². The van der Waals surface area contributed by atoms with Crippen molar-refractivity contribution < 1.29 is 24.2 Å². The summed E-state index contributed by atoms with van der Waals surface area (Å²) in [5.74, 6) is 0.730. The summed E-state index contributed by atoms with van der Waals surface area (Å²) in [6, 6.07) is 9.56. The molecular weight excluding hydrogens is 576 g/mol. The number of esters is 1. The number of hydrogen-bond acceptors (Lipinski definition) is 5. The van der Waals surface area contributed by atoms with Gasteiger partial charge in [-0.2, -0.15) is 0 Å². The maximum atomic E-state index is 12.1. The average Bonchev–Trinajstić information content (AvgIpc) is 2.59. The van der Waals surface area contributed by atoms with Crippen molar-refractivity contribution in [2.45, 2.75) is 26.3 Å². The van der Waals surface area contributed by atoms with E-state index in [0.29, 0.717) is 17.9 Å². The van der Waals surface area contributed by atoms with Crippen molar-refractivity contribution in [3.05, 3.63) is 49.1 Å². The quantitative estimate of drug-likeness (QED) is 0.374. The lowest BCUT2D eigenvalue weighted by molar-refractivity contribution is -0.147. The predicted octanol–water partition coefficient (Wildman–Crippen LogP) is 4.00. The van der Waals surface area contributed by atoms with Gasteiger partial charge in [-0.25, -0.2) is 4.79 Å². The maximum Gasteiger partial charge on any atom is 0.328 e. The van der Waals surface area contributed by atoms with Crippen LogP contribution in [0.3, 0.4) is 0 Å². The number of ether oxygens (including phenoxy) is 2. The number of nitrogens with one attached hydrogen (secondary N) is 1. The zero-order valence-electron chi connectivity index (χ0n) is 14.8. The Morgan fingerprint density at radius 2 is 1.74 bits per heavy atom. The van der Waals surface area contributed by atoms with Crippen LogP contribution in [0.25, 0.3) is 0 Å². The largest absolute Gasteiger partial charge is 0.508 e. The first-order valence-electron chi connectivity index (χ1n) is 8.18. The zero-order chi connectivity index (χ0) is 20.0. The third-order valence-electron chi connectivity index (χ3n) is 3.50. The molecule has 2 rings (SSSR count). The molecule has 0 fully saturated rings. The van der Waals surface area contributed by atoms with Crippen molar-refractivity contribution in [3.63, 3.8) is 0 Å². The molecule has 0 aliphatic carbocycles. The van der Waals surface area contributed by atoms with Gasteiger partial charge in [-0.1, -0.05) is 0 Å². The van der Waals surface area contributed by atoms with Gasteiger partial charge in [-0.3, -0.25) is 4.79 Å². The minimum absolute atomic E-state index is 0.171. The Morgan fingerprint density at radius 3 is 2.26 bits per heavy atom. The molecule has 0 unspecified atom stereocenters. The number of halogens is 2. The van der Waals surface area contributed by atoms with E-state index in [1.54, 1.807) is 31.2 Å². The summed E-state index contributed by atoms with van der Waals surface area (Å²) in [6.45, 7) is 3.35. The minimum atomic E-state index is -0.738. The van der Waals surface area contributed by atoms with Crippen LogP contribution in [0.2, 0.25) is 0 Å². The van der Waals surface area contributed by atoms with Crippen LogP contribution < -0.4 is 10.1 Å². The number of amides is 1. The van der Waals surface area contributed by atoms with E-state index in [4.69, 9.17) is 9.47 Å². The molecule has 0 radical (unpaired) electrons. The van der Waals surface area contributed by atoms with Crippen LogP contribution in [-0.2, 0) is 20.7 Å². The molecule has 2 aromatic carbocycles. The van der Waals surface area contributed by atoms with Gasteiger partial charge in [-0.15, -0.1) is 0 Å². The molecule has 0 aromatic heterocycles. The number of aromatic hydroxyl groups is 1. The van der Waals surface area contributed by atoms with Gasteiger partial charge in [0.25, 0.3) is 0 Å². The first-order chi connectivity index (χ1) is 12.8. The van der Waals surface area contributed by atoms with Gasteiger partial charge in [0.2, 0.25) is 5.91 Å². The molecule has 1 atom stereocenters. The molecule has 0 aliphatic heterocycles. The number of hydrogen-bond donors (Lipinski definition) is 2. The van der Waals surface area contributed by atoms with Crippen molar-refractivity contribution in [2.24, 2.45) is 0 Å². The SMILES string of the molecule is CCOC(=O)[C@H](Cc1cc(I)c(Oc2ccc(O)cc2)c(I)c1)NC(C)=O. The van der Waals surface area contributed by atoms with Crippen molar-refractivity contribution in [3.8, 4) is 17.2 Å². The molecule has 6 nitrogen and oxygen atoms in total. The van der Waals surface area contributed by atoms with Gasteiger partial charge in [0, 0.05) is 13.3 Å². The van der Waals surface area contributed by atoms with E-state index in [0.717, 1.165) is 12.7 Å². The minimum Gasteiger partial charge on any atom is -0.508 e. The van der Waals surface area contributed by atoms with E-state index in [9.17, 15) is 14.7 Å². The molecule has 2 N–H and O–H groups in total. The molecule has 27 heavy (non-hydrogen) atoms. The molecule has 0 saturated carbocycles. The summed E-state index contributed by atoms with van der Waals surface area (Å²) < 4.78 is 12.7. The standard InChI is InChI=1S/C19H19I2NO5/c1-3-26-19(25)17(22-11(2)23)10-12-8-15(20)18(16(21)9-12)27-14-6-4-13(24)5-7-14/h4-9,17,24H,3,10H2,1-2H3,(H,22,23)/t17-/m0/s1. The van der Waals surface area contributed by atoms with E-state index in [2.05, 4.69) is 50.5 Å². The van der Waals surface area contributed by atoms with E-state index in [-0.39, 0.29) is 18.3 Å². The second kappa shape index (κ2) is 10.1. The topological polar surface area (TPSA) is 84.9 Å². The number of phenolic OH excluding ortho intramolecular Hbond substituents is 1. The smallest absolute Gasteiger partial charge is 0.328 e. The summed E-state index contributed by atoms with van der Waals surface area (Å²) in [5, 5.41) is 12.0. The van der Waals surface area contributed by atoms with Crippen molar-refractivity contribution in [1.29, 1.82) is 0 Å². The van der Waals surface area contributed by atoms with E-state index >= 15 is 0 Å². The Kier molecular flexibility index (Phi) is 8.14. The zero-order valence-corrected chi connectivity index (χ0v) is 19.1. The lowest BCUT2D eigenvalue weighted by atomic mass is 10.1. The highest BCUT2D eigenvalue weighted by Gasteiger charge is 2.22. The summed E-state index contributed by atoms with van der Waals surface area (Å²) in [6.07, 6.45) is 0.323. The van der Waals surface area contributed by atoms with Crippen LogP contribution in [0.5, 0.6) is 17.2 Å². The second-order valence-electron chi connectivity index (χ2n) is 5.69. The summed E-state index contributed by atoms with van der Waals surface area (Å²) >= 11 is 4.34. The highest BCUT2D eigenvalue weighted by Crippen LogP contribution is 2.33. The molecule has 0 saturated heterocycles. The van der Waals surface area contributed by atoms with E-state index in [1.165, 1.54) is 6.92 Å². The van der Waals surface area contributed by atoms with Gasteiger partial charge in [0.15, 0.2) is 5.75 Å². The number of rotatable bonds is 7. The van der Waals surface area contributed by atoms with Crippen LogP contribution in [0, 0.1) is 7.14 Å². The first kappa shape index (κ1) is 21.7. The fourth-order valence-electron chi connectivity index (χ4n) is 2.38. The number of phenols is 1. The first-order valence-corrected chi connectivity index (χ1v) is 10.3. The van der Waals surface area contributed by atoms with Crippen LogP contribution in [0.15, 0.2) is 36.4 Å². The molecule has 0 bridgehead atoms. The molecule has 2 aromatic rings. The molecule has 0 spiro atoms. The molecule has 0 aliphatic rings. The Hall–Kier alpha value is -1.56. The van der Waals surface area contributed by atoms with E-state index in [1.807, 2.05) is 12.1 Å². The lowest BCUT2D eigenvalue weighted by Gasteiger charge is -2.18. The fourth-order valence-corrected chi connectivity index (χ4v) is 4.49. The lowest BCUT2D eigenvalue weighted by Crippen LogP contribution is -2.42. The summed E-state index contributed by atoms with van der Waals surface area (Å²) in [7, 11) is 0. The Labute approximate surface area is 184 Å². The molecule has 1 amide bonds. The van der Waals surface area contributed by atoms with Crippen LogP contribution in [0.1, 0.15) is 19.4 Å². The predicted molar refractivity (Wildman–Crippen MR) is 118 cm³/mol.